The van der Waals surface area contributed by atoms with Crippen LogP contribution in [0.25, 0.3) is 0 Å². The highest BCUT2D eigenvalue weighted by atomic mass is 16.5. The van der Waals surface area contributed by atoms with Crippen LogP contribution in [-0.4, -0.2) is 110 Å². The Labute approximate surface area is 520 Å². The third-order valence-electron chi connectivity index (χ3n) is 15.9. The molecule has 6 aromatic rings. The van der Waals surface area contributed by atoms with Gasteiger partial charge in [-0.1, -0.05) is 27.7 Å². The number of amides is 6. The van der Waals surface area contributed by atoms with E-state index in [0.717, 1.165) is 100 Å². The molecule has 0 bridgehead atoms. The molecule has 2 saturated heterocycles. The number of aryl methyl sites for hydroxylation is 1. The largest absolute Gasteiger partial charge is 0.493 e. The number of urea groups is 2. The molecule has 0 aromatic heterocycles. The fourth-order valence-corrected chi connectivity index (χ4v) is 10.4. The molecule has 2 fully saturated rings. The Kier molecular flexibility index (Phi) is 25.7. The third kappa shape index (κ3) is 20.4. The van der Waals surface area contributed by atoms with Crippen LogP contribution in [0.1, 0.15) is 139 Å². The Bertz CT molecular complexity index is 3160. The average molecular weight is 1210 g/mol. The number of piperidine rings is 2. The molecule has 6 N–H and O–H groups in total. The lowest BCUT2D eigenvalue weighted by atomic mass is 10.1. The van der Waals surface area contributed by atoms with E-state index in [0.29, 0.717) is 81.3 Å². The lowest BCUT2D eigenvalue weighted by molar-refractivity contribution is 0.0841. The molecule has 18 heteroatoms. The zero-order chi connectivity index (χ0) is 63.1. The average Bonchev–Trinajstić information content (AvgIpc) is 3.33. The molecular weight excluding hydrogens is 1110 g/mol. The molecule has 0 saturated carbocycles. The van der Waals surface area contributed by atoms with Crippen molar-refractivity contribution >= 4 is 46.6 Å². The van der Waals surface area contributed by atoms with Gasteiger partial charge in [-0.05, 0) is 213 Å². The van der Waals surface area contributed by atoms with Crippen LogP contribution in [0.3, 0.4) is 0 Å². The molecule has 8 rings (SSSR count). The Morgan fingerprint density at radius 3 is 1.31 bits per heavy atom. The van der Waals surface area contributed by atoms with E-state index in [9.17, 15) is 19.2 Å². The lowest BCUT2D eigenvalue weighted by Crippen LogP contribution is -2.41. The molecule has 0 spiro atoms. The van der Waals surface area contributed by atoms with Crippen molar-refractivity contribution in [2.45, 2.75) is 157 Å². The van der Waals surface area contributed by atoms with E-state index in [1.54, 1.807) is 105 Å². The fraction of sp³-hybridized carbons (Fsp3) is 0.429. The first-order valence-electron chi connectivity index (χ1n) is 31.1. The van der Waals surface area contributed by atoms with Gasteiger partial charge < -0.3 is 70.1 Å². The number of carbonyl (C=O) groups is 4. The first-order chi connectivity index (χ1) is 42.5. The van der Waals surface area contributed by atoms with Gasteiger partial charge in [0.25, 0.3) is 11.8 Å². The molecule has 6 amide bonds. The van der Waals surface area contributed by atoms with Gasteiger partial charge in [0.2, 0.25) is 0 Å². The monoisotopic (exact) mass is 1200 g/mol. The Balaban J connectivity index is 0.000000251. The zero-order valence-electron chi connectivity index (χ0n) is 53.3. The predicted octanol–water partition coefficient (Wildman–Crippen LogP) is 15.0. The van der Waals surface area contributed by atoms with E-state index in [2.05, 4.69) is 69.4 Å². The van der Waals surface area contributed by atoms with Crippen molar-refractivity contribution < 1.29 is 47.6 Å². The van der Waals surface area contributed by atoms with Crippen LogP contribution >= 0.6 is 0 Å². The number of nitrogens with one attached hydrogen (secondary N) is 6. The highest BCUT2D eigenvalue weighted by Crippen LogP contribution is 2.36. The molecule has 0 aliphatic carbocycles. The molecule has 472 valence electrons. The van der Waals surface area contributed by atoms with Gasteiger partial charge in [-0.3, -0.25) is 9.59 Å². The van der Waals surface area contributed by atoms with E-state index < -0.39 is 0 Å². The first-order valence-corrected chi connectivity index (χ1v) is 31.1. The quantitative estimate of drug-likeness (QED) is 0.0317. The van der Waals surface area contributed by atoms with Crippen molar-refractivity contribution in [1.82, 2.24) is 20.4 Å². The highest BCUT2D eigenvalue weighted by molar-refractivity contribution is 6.05. The second-order valence-electron chi connectivity index (χ2n) is 22.9. The summed E-state index contributed by atoms with van der Waals surface area (Å²) >= 11 is 0. The summed E-state index contributed by atoms with van der Waals surface area (Å²) in [7, 11) is 3.16. The third-order valence-corrected chi connectivity index (χ3v) is 15.9. The van der Waals surface area contributed by atoms with Crippen molar-refractivity contribution in [3.63, 3.8) is 0 Å². The van der Waals surface area contributed by atoms with Gasteiger partial charge in [0.1, 0.15) is 41.0 Å². The molecule has 0 radical (unpaired) electrons. The molecule has 6 aromatic carbocycles. The summed E-state index contributed by atoms with van der Waals surface area (Å²) in [5.41, 5.74) is 5.29. The van der Waals surface area contributed by atoms with E-state index in [1.807, 2.05) is 71.0 Å². The summed E-state index contributed by atoms with van der Waals surface area (Å²) in [5, 5.41) is 17.6. The minimum absolute atomic E-state index is 0.123. The number of carbonyl (C=O) groups excluding carboxylic acids is 4. The minimum atomic E-state index is -0.259. The SMILES string of the molecule is CCC(CC)NC(=O)Nc1ccc(Oc2ccc(NC(=O)c3ccc(OC4CCN(C(C)C)CC4)cc3)cc2)c(COC)c1.CCC(CC)NC(=O)Nc1ccc(Oc2ccc(NC(=O)c3ccc(OC4CCN(C(C)C)CC4)cc3)cc2C)c(OC)c1. The Morgan fingerprint density at radius 2 is 0.875 bits per heavy atom. The lowest BCUT2D eigenvalue weighted by Gasteiger charge is -2.34. The normalized spacial score (nSPS) is 13.9. The topological polar surface area (TPSA) is 202 Å². The van der Waals surface area contributed by atoms with Crippen molar-refractivity contribution in [1.29, 1.82) is 0 Å². The summed E-state index contributed by atoms with van der Waals surface area (Å²) in [6.45, 7) is 23.5. The van der Waals surface area contributed by atoms with Gasteiger partial charge in [-0.25, -0.2) is 9.59 Å². The predicted molar refractivity (Wildman–Crippen MR) is 350 cm³/mol. The molecule has 2 aliphatic heterocycles. The molecule has 88 heavy (non-hydrogen) atoms. The first kappa shape index (κ1) is 67.2. The highest BCUT2D eigenvalue weighted by Gasteiger charge is 2.24. The number of anilines is 4. The van der Waals surface area contributed by atoms with Gasteiger partial charge in [0, 0.05) is 103 Å². The molecular formula is C70H92N8O10. The van der Waals surface area contributed by atoms with Gasteiger partial charge in [-0.2, -0.15) is 0 Å². The summed E-state index contributed by atoms with van der Waals surface area (Å²) in [6, 6.07) is 38.8. The van der Waals surface area contributed by atoms with Crippen LogP contribution in [0.15, 0.2) is 127 Å². The summed E-state index contributed by atoms with van der Waals surface area (Å²) < 4.78 is 35.5. The number of nitrogens with zero attached hydrogens (tertiary/aromatic N) is 2. The van der Waals surface area contributed by atoms with E-state index >= 15 is 0 Å². The smallest absolute Gasteiger partial charge is 0.319 e. The van der Waals surface area contributed by atoms with Crippen LogP contribution in [0, 0.1) is 6.92 Å². The van der Waals surface area contributed by atoms with Gasteiger partial charge in [0.15, 0.2) is 11.5 Å². The second kappa shape index (κ2) is 33.7. The number of rotatable bonds is 25. The summed E-state index contributed by atoms with van der Waals surface area (Å²) in [5.74, 6) is 3.99. The number of hydrogen-bond donors (Lipinski definition) is 6. The minimum Gasteiger partial charge on any atom is -0.493 e. The molecule has 2 aliphatic rings. The number of ether oxygens (including phenoxy) is 6. The van der Waals surface area contributed by atoms with Crippen molar-refractivity contribution in [3.8, 4) is 40.2 Å². The van der Waals surface area contributed by atoms with Gasteiger partial charge in [0.05, 0.1) is 13.7 Å². The van der Waals surface area contributed by atoms with Crippen LogP contribution in [0.4, 0.5) is 32.3 Å². The maximum Gasteiger partial charge on any atom is 0.319 e. The van der Waals surface area contributed by atoms with E-state index in [-0.39, 0.29) is 48.2 Å². The molecule has 2 heterocycles. The van der Waals surface area contributed by atoms with Crippen molar-refractivity contribution in [2.75, 3.05) is 61.7 Å². The maximum absolute atomic E-state index is 12.9. The summed E-state index contributed by atoms with van der Waals surface area (Å²) in [6.07, 6.45) is 7.90. The standard InChI is InChI=1S/2C35H46N4O5/c1-7-26(8-2)37-35(41)38-28-12-16-32(33(22-28)42-6)44-31-15-11-27(21-24(31)5)36-34(40)25-9-13-29(14-10-25)43-30-17-19-39(20-18-30)23(3)4;1-6-27(7-2)37-35(41)38-29-12-17-33(26(22-29)23-42-5)44-31-15-10-28(11-16-31)36-34(40)25-8-13-30(14-9-25)43-32-18-20-39(21-19-32)24(3)4/h9-16,21-23,26,30H,7-8,17-20H2,1-6H3,(H,36,40)(H2,37,38,41);8-17,22,24,27,32H,6-7,18-21,23H2,1-5H3,(H,36,40)(H2,37,38,41). The number of benzene rings is 6. The van der Waals surface area contributed by atoms with E-state index in [1.165, 1.54) is 0 Å². The maximum atomic E-state index is 12.9. The Morgan fingerprint density at radius 1 is 0.466 bits per heavy atom. The number of methoxy groups -OCH3 is 2. The summed E-state index contributed by atoms with van der Waals surface area (Å²) in [4.78, 5) is 55.5. The molecule has 0 atom stereocenters. The molecule has 18 nitrogen and oxygen atoms in total. The van der Waals surface area contributed by atoms with Crippen LogP contribution in [0.5, 0.6) is 40.2 Å². The van der Waals surface area contributed by atoms with Crippen LogP contribution in [-0.2, 0) is 11.3 Å². The van der Waals surface area contributed by atoms with Gasteiger partial charge in [-0.15, -0.1) is 0 Å². The number of hydrogen-bond acceptors (Lipinski definition) is 12. The second-order valence-corrected chi connectivity index (χ2v) is 22.9. The van der Waals surface area contributed by atoms with E-state index in [4.69, 9.17) is 28.4 Å². The number of likely N-dealkylation sites (tertiary alicyclic amines) is 2. The van der Waals surface area contributed by atoms with Crippen molar-refractivity contribution in [3.05, 3.63) is 150 Å². The zero-order valence-corrected chi connectivity index (χ0v) is 53.3. The Hall–Kier alpha value is -8.32. The van der Waals surface area contributed by atoms with Crippen LogP contribution in [0.2, 0.25) is 0 Å². The van der Waals surface area contributed by atoms with Crippen molar-refractivity contribution in [2.24, 2.45) is 0 Å². The fourth-order valence-electron chi connectivity index (χ4n) is 10.4. The molecule has 0 unspecified atom stereocenters. The van der Waals surface area contributed by atoms with Gasteiger partial charge >= 0.3 is 12.1 Å². The van der Waals surface area contributed by atoms with Crippen LogP contribution < -0.4 is 55.6 Å².